The number of esters is 1. The van der Waals surface area contributed by atoms with Crippen LogP contribution in [0.4, 0.5) is 0 Å². The predicted molar refractivity (Wildman–Crippen MR) is 91.2 cm³/mol. The lowest BCUT2D eigenvalue weighted by molar-refractivity contribution is -0.157. The number of carbonyl (C=O) groups excluding carboxylic acids is 1. The zero-order valence-electron chi connectivity index (χ0n) is 14.8. The van der Waals surface area contributed by atoms with Crippen LogP contribution in [-0.4, -0.2) is 53.1 Å². The van der Waals surface area contributed by atoms with Crippen LogP contribution in [0.1, 0.15) is 32.1 Å². The van der Waals surface area contributed by atoms with Crippen LogP contribution in [0.25, 0.3) is 11.4 Å². The van der Waals surface area contributed by atoms with Crippen molar-refractivity contribution in [2.45, 2.75) is 44.8 Å². The van der Waals surface area contributed by atoms with Crippen LogP contribution >= 0.6 is 0 Å². The van der Waals surface area contributed by atoms with Gasteiger partial charge in [0.25, 0.3) is 0 Å². The predicted octanol–water partition coefficient (Wildman–Crippen LogP) is 2.19. The van der Waals surface area contributed by atoms with E-state index in [2.05, 4.69) is 15.1 Å². The molecule has 0 N–H and O–H groups in total. The van der Waals surface area contributed by atoms with Crippen molar-refractivity contribution in [3.8, 4) is 11.4 Å². The SMILES string of the molecule is CC(OCC1CCCO1)C(=O)OCCCc1nc(-c2cccnc2)no1. The first kappa shape index (κ1) is 18.5. The second-order valence-corrected chi connectivity index (χ2v) is 6.14. The zero-order chi connectivity index (χ0) is 18.2. The minimum Gasteiger partial charge on any atom is -0.464 e. The molecule has 0 aromatic carbocycles. The van der Waals surface area contributed by atoms with Gasteiger partial charge in [-0.2, -0.15) is 4.98 Å². The summed E-state index contributed by atoms with van der Waals surface area (Å²) < 4.78 is 21.4. The van der Waals surface area contributed by atoms with E-state index in [4.69, 9.17) is 18.7 Å². The summed E-state index contributed by atoms with van der Waals surface area (Å²) in [6.07, 6.45) is 6.01. The van der Waals surface area contributed by atoms with Crippen molar-refractivity contribution in [1.29, 1.82) is 0 Å². The number of pyridine rings is 1. The Balaban J connectivity index is 1.33. The molecule has 1 aliphatic rings. The molecule has 1 fully saturated rings. The molecule has 0 aliphatic carbocycles. The number of aryl methyl sites for hydroxylation is 1. The van der Waals surface area contributed by atoms with Gasteiger partial charge < -0.3 is 18.7 Å². The van der Waals surface area contributed by atoms with Crippen LogP contribution in [0.5, 0.6) is 0 Å². The van der Waals surface area contributed by atoms with E-state index in [1.54, 1.807) is 19.3 Å². The van der Waals surface area contributed by atoms with Gasteiger partial charge in [-0.1, -0.05) is 5.16 Å². The molecule has 0 amide bonds. The molecule has 0 saturated carbocycles. The summed E-state index contributed by atoms with van der Waals surface area (Å²) in [5.74, 6) is 0.633. The maximum atomic E-state index is 11.9. The van der Waals surface area contributed by atoms with Crippen LogP contribution in [0, 0.1) is 0 Å². The Labute approximate surface area is 151 Å². The molecule has 2 unspecified atom stereocenters. The third-order valence-corrected chi connectivity index (χ3v) is 4.06. The molecule has 0 radical (unpaired) electrons. The van der Waals surface area contributed by atoms with Crippen LogP contribution in [-0.2, 0) is 25.4 Å². The first-order valence-electron chi connectivity index (χ1n) is 8.85. The van der Waals surface area contributed by atoms with Gasteiger partial charge in [0.2, 0.25) is 11.7 Å². The van der Waals surface area contributed by atoms with Crippen molar-refractivity contribution < 1.29 is 23.5 Å². The van der Waals surface area contributed by atoms with Crippen molar-refractivity contribution in [1.82, 2.24) is 15.1 Å². The van der Waals surface area contributed by atoms with Crippen molar-refractivity contribution in [3.05, 3.63) is 30.4 Å². The number of hydrogen-bond donors (Lipinski definition) is 0. The Hall–Kier alpha value is -2.32. The van der Waals surface area contributed by atoms with E-state index in [9.17, 15) is 4.79 Å². The maximum absolute atomic E-state index is 11.9. The van der Waals surface area contributed by atoms with Crippen LogP contribution in [0.3, 0.4) is 0 Å². The van der Waals surface area contributed by atoms with Crippen molar-refractivity contribution in [3.63, 3.8) is 0 Å². The topological polar surface area (TPSA) is 96.6 Å². The van der Waals surface area contributed by atoms with E-state index in [1.807, 2.05) is 12.1 Å². The molecule has 1 aliphatic heterocycles. The molecule has 2 aromatic heterocycles. The van der Waals surface area contributed by atoms with E-state index in [0.29, 0.717) is 31.2 Å². The molecule has 2 aromatic rings. The molecule has 140 valence electrons. The van der Waals surface area contributed by atoms with Crippen molar-refractivity contribution in [2.24, 2.45) is 0 Å². The van der Waals surface area contributed by atoms with Gasteiger partial charge in [-0.25, -0.2) is 4.79 Å². The Kier molecular flexibility index (Phi) is 6.68. The van der Waals surface area contributed by atoms with Crippen LogP contribution in [0.15, 0.2) is 29.0 Å². The van der Waals surface area contributed by atoms with Gasteiger partial charge in [0.15, 0.2) is 6.10 Å². The lowest BCUT2D eigenvalue weighted by Gasteiger charge is -2.15. The fourth-order valence-electron chi connectivity index (χ4n) is 2.58. The third-order valence-electron chi connectivity index (χ3n) is 4.06. The third kappa shape index (κ3) is 5.34. The summed E-state index contributed by atoms with van der Waals surface area (Å²) in [5, 5.41) is 3.92. The van der Waals surface area contributed by atoms with E-state index in [-0.39, 0.29) is 18.7 Å². The Bertz CT molecular complexity index is 685. The number of ether oxygens (including phenoxy) is 3. The first-order valence-corrected chi connectivity index (χ1v) is 8.85. The fourth-order valence-corrected chi connectivity index (χ4v) is 2.58. The number of carbonyl (C=O) groups is 1. The monoisotopic (exact) mass is 361 g/mol. The summed E-state index contributed by atoms with van der Waals surface area (Å²) in [5.41, 5.74) is 0.797. The molecule has 3 heterocycles. The van der Waals surface area contributed by atoms with Gasteiger partial charge >= 0.3 is 5.97 Å². The highest BCUT2D eigenvalue weighted by atomic mass is 16.6. The molecule has 2 atom stereocenters. The molecule has 26 heavy (non-hydrogen) atoms. The summed E-state index contributed by atoms with van der Waals surface area (Å²) in [6.45, 7) is 3.16. The molecule has 8 heteroatoms. The molecular formula is C18H23N3O5. The zero-order valence-corrected chi connectivity index (χ0v) is 14.8. The van der Waals surface area contributed by atoms with Crippen molar-refractivity contribution in [2.75, 3.05) is 19.8 Å². The second-order valence-electron chi connectivity index (χ2n) is 6.14. The van der Waals surface area contributed by atoms with Gasteiger partial charge in [0, 0.05) is 31.0 Å². The summed E-state index contributed by atoms with van der Waals surface area (Å²) in [6, 6.07) is 3.67. The molecule has 1 saturated heterocycles. The average molecular weight is 361 g/mol. The molecular weight excluding hydrogens is 338 g/mol. The number of aromatic nitrogens is 3. The van der Waals surface area contributed by atoms with E-state index in [0.717, 1.165) is 25.0 Å². The van der Waals surface area contributed by atoms with E-state index < -0.39 is 6.10 Å². The largest absolute Gasteiger partial charge is 0.464 e. The fraction of sp³-hybridized carbons (Fsp3) is 0.556. The minimum atomic E-state index is -0.597. The molecule has 8 nitrogen and oxygen atoms in total. The highest BCUT2D eigenvalue weighted by molar-refractivity contribution is 5.74. The highest BCUT2D eigenvalue weighted by Crippen LogP contribution is 2.15. The Morgan fingerprint density at radius 3 is 3.15 bits per heavy atom. The maximum Gasteiger partial charge on any atom is 0.334 e. The number of hydrogen-bond acceptors (Lipinski definition) is 8. The van der Waals surface area contributed by atoms with Gasteiger partial charge in [-0.15, -0.1) is 0 Å². The van der Waals surface area contributed by atoms with Crippen LogP contribution in [0.2, 0.25) is 0 Å². The minimum absolute atomic E-state index is 0.0942. The van der Waals surface area contributed by atoms with Gasteiger partial charge in [0.1, 0.15) is 0 Å². The standard InChI is InChI=1S/C18H23N3O5/c1-13(25-12-15-6-3-9-23-15)18(22)24-10-4-7-16-20-17(21-26-16)14-5-2-8-19-11-14/h2,5,8,11,13,15H,3-4,6-7,9-10,12H2,1H3. The van der Waals surface area contributed by atoms with E-state index in [1.165, 1.54) is 0 Å². The summed E-state index contributed by atoms with van der Waals surface area (Å²) in [7, 11) is 0. The van der Waals surface area contributed by atoms with Gasteiger partial charge in [-0.05, 0) is 38.3 Å². The summed E-state index contributed by atoms with van der Waals surface area (Å²) >= 11 is 0. The van der Waals surface area contributed by atoms with Gasteiger partial charge in [-0.3, -0.25) is 4.98 Å². The molecule has 0 spiro atoms. The first-order chi connectivity index (χ1) is 12.7. The van der Waals surface area contributed by atoms with E-state index >= 15 is 0 Å². The lowest BCUT2D eigenvalue weighted by atomic mass is 10.2. The van der Waals surface area contributed by atoms with Gasteiger partial charge in [0.05, 0.1) is 19.3 Å². The smallest absolute Gasteiger partial charge is 0.334 e. The quantitative estimate of drug-likeness (QED) is 0.495. The Morgan fingerprint density at radius 2 is 2.38 bits per heavy atom. The molecule has 0 bridgehead atoms. The normalized spacial score (nSPS) is 18.0. The van der Waals surface area contributed by atoms with Crippen molar-refractivity contribution >= 4 is 5.97 Å². The Morgan fingerprint density at radius 1 is 1.46 bits per heavy atom. The lowest BCUT2D eigenvalue weighted by Crippen LogP contribution is -2.27. The highest BCUT2D eigenvalue weighted by Gasteiger charge is 2.20. The number of nitrogens with zero attached hydrogens (tertiary/aromatic N) is 3. The second kappa shape index (κ2) is 9.40. The molecule has 3 rings (SSSR count). The number of rotatable bonds is 9. The van der Waals surface area contributed by atoms with Crippen LogP contribution < -0.4 is 0 Å². The summed E-state index contributed by atoms with van der Waals surface area (Å²) in [4.78, 5) is 20.2. The average Bonchev–Trinajstić information content (AvgIpc) is 3.35.